The Kier molecular flexibility index (Phi) is 4.92. The van der Waals surface area contributed by atoms with Crippen molar-refractivity contribution in [3.63, 3.8) is 0 Å². The first-order chi connectivity index (χ1) is 12.7. The van der Waals surface area contributed by atoms with Gasteiger partial charge in [0.05, 0.1) is 11.1 Å². The fraction of sp³-hybridized carbons (Fsp3) is 0.294. The third-order valence-corrected chi connectivity index (χ3v) is 6.96. The zero-order valence-electron chi connectivity index (χ0n) is 13.9. The van der Waals surface area contributed by atoms with E-state index in [9.17, 15) is 9.59 Å². The van der Waals surface area contributed by atoms with Crippen LogP contribution in [0.1, 0.15) is 16.9 Å². The molecule has 0 spiro atoms. The van der Waals surface area contributed by atoms with E-state index in [1.807, 2.05) is 0 Å². The van der Waals surface area contributed by atoms with Gasteiger partial charge in [0.25, 0.3) is 5.56 Å². The number of hydrogen-bond donors (Lipinski definition) is 1. The van der Waals surface area contributed by atoms with E-state index in [-0.39, 0.29) is 17.2 Å². The molecule has 26 heavy (non-hydrogen) atoms. The van der Waals surface area contributed by atoms with E-state index in [0.29, 0.717) is 16.8 Å². The molecule has 0 fully saturated rings. The summed E-state index contributed by atoms with van der Waals surface area (Å²) in [4.78, 5) is 35.9. The lowest BCUT2D eigenvalue weighted by molar-refractivity contribution is -0.113. The van der Waals surface area contributed by atoms with Crippen molar-refractivity contribution in [1.29, 1.82) is 0 Å². The molecule has 3 aromatic rings. The van der Waals surface area contributed by atoms with Crippen LogP contribution in [-0.2, 0) is 24.2 Å². The average Bonchev–Trinajstić information content (AvgIpc) is 3.33. The Morgan fingerprint density at radius 3 is 3.12 bits per heavy atom. The van der Waals surface area contributed by atoms with Gasteiger partial charge in [-0.1, -0.05) is 17.8 Å². The minimum atomic E-state index is -0.168. The molecule has 0 saturated heterocycles. The number of thiophene rings is 1. The van der Waals surface area contributed by atoms with Crippen LogP contribution in [0.5, 0.6) is 0 Å². The Labute approximate surface area is 162 Å². The van der Waals surface area contributed by atoms with Gasteiger partial charge in [-0.05, 0) is 24.8 Å². The third-order valence-electron chi connectivity index (χ3n) is 4.11. The van der Waals surface area contributed by atoms with Crippen molar-refractivity contribution in [3.8, 4) is 0 Å². The van der Waals surface area contributed by atoms with E-state index < -0.39 is 0 Å². The van der Waals surface area contributed by atoms with Crippen molar-refractivity contribution in [3.05, 3.63) is 45.0 Å². The van der Waals surface area contributed by atoms with Crippen LogP contribution in [0.15, 0.2) is 34.2 Å². The first-order valence-electron chi connectivity index (χ1n) is 8.15. The first kappa shape index (κ1) is 17.4. The van der Waals surface area contributed by atoms with Gasteiger partial charge in [-0.3, -0.25) is 14.2 Å². The Morgan fingerprint density at radius 2 is 2.35 bits per heavy atom. The topological polar surface area (TPSA) is 76.9 Å². The second-order valence-electron chi connectivity index (χ2n) is 5.81. The van der Waals surface area contributed by atoms with Gasteiger partial charge in [-0.25, -0.2) is 9.97 Å². The Balaban J connectivity index is 1.63. The number of anilines is 1. The van der Waals surface area contributed by atoms with Gasteiger partial charge in [0.2, 0.25) is 5.91 Å². The summed E-state index contributed by atoms with van der Waals surface area (Å²) in [6.07, 6.45) is 6.40. The quantitative estimate of drug-likeness (QED) is 0.387. The number of carbonyl (C=O) groups excluding carboxylic acids is 1. The molecule has 4 rings (SSSR count). The maximum atomic E-state index is 13.0. The molecule has 0 saturated carbocycles. The predicted molar refractivity (Wildman–Crippen MR) is 108 cm³/mol. The van der Waals surface area contributed by atoms with E-state index in [1.165, 1.54) is 33.5 Å². The summed E-state index contributed by atoms with van der Waals surface area (Å²) in [6.45, 7) is 4.12. The highest BCUT2D eigenvalue weighted by atomic mass is 32.2. The van der Waals surface area contributed by atoms with Gasteiger partial charge < -0.3 is 5.32 Å². The zero-order chi connectivity index (χ0) is 18.1. The van der Waals surface area contributed by atoms with Crippen LogP contribution in [0.3, 0.4) is 0 Å². The number of hydrogen-bond acceptors (Lipinski definition) is 7. The summed E-state index contributed by atoms with van der Waals surface area (Å²) < 4.78 is 1.61. The number of aryl methyl sites for hydroxylation is 2. The largest absolute Gasteiger partial charge is 0.301 e. The number of thiazole rings is 1. The SMILES string of the molecule is C=CCn1c(SCC(=O)Nc2nccs2)nc2sc3c(c2c1=O)CCC3. The second kappa shape index (κ2) is 7.34. The molecule has 3 aromatic heterocycles. The summed E-state index contributed by atoms with van der Waals surface area (Å²) in [5.74, 6) is -0.00198. The van der Waals surface area contributed by atoms with Gasteiger partial charge >= 0.3 is 0 Å². The van der Waals surface area contributed by atoms with Crippen LogP contribution in [0, 0.1) is 0 Å². The van der Waals surface area contributed by atoms with E-state index >= 15 is 0 Å². The van der Waals surface area contributed by atoms with Crippen molar-refractivity contribution in [2.75, 3.05) is 11.1 Å². The molecule has 6 nitrogen and oxygen atoms in total. The van der Waals surface area contributed by atoms with Crippen LogP contribution in [0.25, 0.3) is 10.2 Å². The molecular formula is C17H16N4O2S3. The van der Waals surface area contributed by atoms with Crippen molar-refractivity contribution in [2.24, 2.45) is 0 Å². The van der Waals surface area contributed by atoms with Crippen molar-refractivity contribution in [2.45, 2.75) is 31.0 Å². The molecule has 0 bridgehead atoms. The number of amides is 1. The molecule has 0 radical (unpaired) electrons. The van der Waals surface area contributed by atoms with E-state index in [1.54, 1.807) is 33.6 Å². The van der Waals surface area contributed by atoms with Crippen LogP contribution in [0.2, 0.25) is 0 Å². The summed E-state index contributed by atoms with van der Waals surface area (Å²) in [5, 5.41) is 6.41. The smallest absolute Gasteiger partial charge is 0.263 e. The molecule has 9 heteroatoms. The number of carbonyl (C=O) groups is 1. The number of thioether (sulfide) groups is 1. The number of nitrogens with one attached hydrogen (secondary N) is 1. The van der Waals surface area contributed by atoms with Gasteiger partial charge in [-0.15, -0.1) is 29.3 Å². The molecule has 1 N–H and O–H groups in total. The molecule has 134 valence electrons. The molecule has 0 aromatic carbocycles. The van der Waals surface area contributed by atoms with Crippen LogP contribution in [-0.4, -0.2) is 26.2 Å². The molecule has 1 aliphatic carbocycles. The summed E-state index contributed by atoms with van der Waals surface area (Å²) in [6, 6.07) is 0. The monoisotopic (exact) mass is 404 g/mol. The molecule has 0 unspecified atom stereocenters. The van der Waals surface area contributed by atoms with Crippen molar-refractivity contribution >= 4 is 55.7 Å². The third kappa shape index (κ3) is 3.22. The highest BCUT2D eigenvalue weighted by molar-refractivity contribution is 7.99. The molecule has 0 atom stereocenters. The molecule has 3 heterocycles. The Bertz CT molecular complexity index is 1040. The van der Waals surface area contributed by atoms with Crippen LogP contribution < -0.4 is 10.9 Å². The molecule has 1 aliphatic rings. The van der Waals surface area contributed by atoms with Gasteiger partial charge in [0, 0.05) is 23.0 Å². The minimum absolute atomic E-state index is 0.0304. The number of nitrogens with zero attached hydrogens (tertiary/aromatic N) is 3. The number of rotatable bonds is 6. The molecular weight excluding hydrogens is 388 g/mol. The standard InChI is InChI=1S/C17H16N4O2S3/c1-2-7-21-15(23)13-10-4-3-5-11(10)26-14(13)20-17(21)25-9-12(22)19-16-18-6-8-24-16/h2,6,8H,1,3-5,7,9H2,(H,18,19,22). The van der Waals surface area contributed by atoms with Crippen molar-refractivity contribution in [1.82, 2.24) is 14.5 Å². The van der Waals surface area contributed by atoms with Crippen LogP contribution in [0.4, 0.5) is 5.13 Å². The fourth-order valence-corrected chi connectivity index (χ4v) is 5.69. The highest BCUT2D eigenvalue weighted by Gasteiger charge is 2.23. The van der Waals surface area contributed by atoms with E-state index in [2.05, 4.69) is 16.9 Å². The number of allylic oxidation sites excluding steroid dienone is 1. The predicted octanol–water partition coefficient (Wildman–Crippen LogP) is 3.32. The maximum absolute atomic E-state index is 13.0. The highest BCUT2D eigenvalue weighted by Crippen LogP contribution is 2.35. The van der Waals surface area contributed by atoms with Gasteiger partial charge in [0.15, 0.2) is 10.3 Å². The van der Waals surface area contributed by atoms with E-state index in [0.717, 1.165) is 29.5 Å². The fourth-order valence-electron chi connectivity index (χ4n) is 3.03. The summed E-state index contributed by atoms with van der Waals surface area (Å²) >= 11 is 4.24. The normalized spacial score (nSPS) is 13.1. The summed E-state index contributed by atoms with van der Waals surface area (Å²) in [7, 11) is 0. The van der Waals surface area contributed by atoms with E-state index in [4.69, 9.17) is 4.98 Å². The average molecular weight is 405 g/mol. The van der Waals surface area contributed by atoms with Crippen LogP contribution >= 0.6 is 34.4 Å². The number of aromatic nitrogens is 3. The van der Waals surface area contributed by atoms with Gasteiger partial charge in [-0.2, -0.15) is 0 Å². The Morgan fingerprint density at radius 1 is 1.46 bits per heavy atom. The number of fused-ring (bicyclic) bond motifs is 3. The molecule has 0 aliphatic heterocycles. The maximum Gasteiger partial charge on any atom is 0.263 e. The minimum Gasteiger partial charge on any atom is -0.301 e. The lowest BCUT2D eigenvalue weighted by Gasteiger charge is -2.10. The molecule has 1 amide bonds. The lowest BCUT2D eigenvalue weighted by atomic mass is 10.2. The summed E-state index contributed by atoms with van der Waals surface area (Å²) in [5.41, 5.74) is 1.13. The lowest BCUT2D eigenvalue weighted by Crippen LogP contribution is -2.23. The zero-order valence-corrected chi connectivity index (χ0v) is 16.3. The first-order valence-corrected chi connectivity index (χ1v) is 10.8. The van der Waals surface area contributed by atoms with Crippen molar-refractivity contribution < 1.29 is 4.79 Å². The van der Waals surface area contributed by atoms with Gasteiger partial charge in [0.1, 0.15) is 4.83 Å². The Hall–Kier alpha value is -1.97. The second-order valence-corrected chi connectivity index (χ2v) is 8.73.